The van der Waals surface area contributed by atoms with Gasteiger partial charge in [0.25, 0.3) is 11.8 Å². The number of hydrogen-bond acceptors (Lipinski definition) is 7. The minimum Gasteiger partial charge on any atom is -0.493 e. The van der Waals surface area contributed by atoms with Crippen LogP contribution in [0.25, 0.3) is 0 Å². The van der Waals surface area contributed by atoms with Gasteiger partial charge in [-0.05, 0) is 66.2 Å². The third-order valence-corrected chi connectivity index (χ3v) is 5.25. The maximum Gasteiger partial charge on any atom is 0.345 e. The van der Waals surface area contributed by atoms with E-state index in [4.69, 9.17) is 37.4 Å². The molecule has 3 rings (SSSR count). The quantitative estimate of drug-likeness (QED) is 0.186. The van der Waals surface area contributed by atoms with Crippen molar-refractivity contribution in [2.24, 2.45) is 5.10 Å². The van der Waals surface area contributed by atoms with Crippen molar-refractivity contribution in [2.45, 2.75) is 0 Å². The first-order valence-corrected chi connectivity index (χ1v) is 11.2. The highest BCUT2D eigenvalue weighted by molar-refractivity contribution is 6.36. The lowest BCUT2D eigenvalue weighted by Gasteiger charge is -2.09. The van der Waals surface area contributed by atoms with E-state index in [9.17, 15) is 14.4 Å². The van der Waals surface area contributed by atoms with Gasteiger partial charge in [0.1, 0.15) is 5.75 Å². The standard InChI is InChI=1S/C25H21Cl2N3O6/c1-34-21-10-5-16(11-22(21)35-2)24(32)28-14-23(31)30-29-13-15-3-7-18(8-4-15)36-25(33)19-9-6-17(26)12-20(19)27/h3-13H,14H2,1-2H3,(H,28,32)(H,30,31). The minimum absolute atomic E-state index is 0.187. The SMILES string of the molecule is COc1ccc(C(=O)NCC(=O)NN=Cc2ccc(OC(=O)c3ccc(Cl)cc3Cl)cc2)cc1OC. The molecular formula is C25H21Cl2N3O6. The number of nitrogens with one attached hydrogen (secondary N) is 2. The molecule has 0 saturated carbocycles. The lowest BCUT2D eigenvalue weighted by molar-refractivity contribution is -0.120. The molecule has 0 atom stereocenters. The van der Waals surface area contributed by atoms with Crippen LogP contribution in [0.2, 0.25) is 10.0 Å². The summed E-state index contributed by atoms with van der Waals surface area (Å²) in [7, 11) is 2.95. The smallest absolute Gasteiger partial charge is 0.345 e. The predicted octanol–water partition coefficient (Wildman–Crippen LogP) is 4.11. The summed E-state index contributed by atoms with van der Waals surface area (Å²) in [6.45, 7) is -0.285. The molecular weight excluding hydrogens is 509 g/mol. The Morgan fingerprint density at radius 3 is 2.31 bits per heavy atom. The predicted molar refractivity (Wildman–Crippen MR) is 135 cm³/mol. The van der Waals surface area contributed by atoms with Gasteiger partial charge in [0.05, 0.1) is 37.6 Å². The van der Waals surface area contributed by atoms with Crippen LogP contribution in [0.1, 0.15) is 26.3 Å². The van der Waals surface area contributed by atoms with Crippen LogP contribution in [0.4, 0.5) is 0 Å². The number of methoxy groups -OCH3 is 2. The number of carbonyl (C=O) groups is 3. The molecule has 0 aromatic heterocycles. The second-order valence-corrected chi connectivity index (χ2v) is 7.97. The Labute approximate surface area is 216 Å². The number of ether oxygens (including phenoxy) is 3. The van der Waals surface area contributed by atoms with Crippen molar-refractivity contribution in [3.63, 3.8) is 0 Å². The molecule has 0 spiro atoms. The number of amides is 2. The molecule has 0 fully saturated rings. The van der Waals surface area contributed by atoms with Crippen LogP contribution < -0.4 is 25.0 Å². The van der Waals surface area contributed by atoms with Crippen LogP contribution in [0.5, 0.6) is 17.2 Å². The fraction of sp³-hybridized carbons (Fsp3) is 0.120. The zero-order valence-corrected chi connectivity index (χ0v) is 20.7. The van der Waals surface area contributed by atoms with Crippen LogP contribution >= 0.6 is 23.2 Å². The van der Waals surface area contributed by atoms with E-state index in [0.717, 1.165) is 0 Å². The fourth-order valence-electron chi connectivity index (χ4n) is 2.90. The third kappa shape index (κ3) is 7.21. The molecule has 2 amide bonds. The summed E-state index contributed by atoms with van der Waals surface area (Å²) in [6, 6.07) is 15.5. The number of hydrazone groups is 1. The van der Waals surface area contributed by atoms with Gasteiger partial charge in [0.15, 0.2) is 11.5 Å². The van der Waals surface area contributed by atoms with Crippen LogP contribution in [0, 0.1) is 0 Å². The molecule has 0 saturated heterocycles. The van der Waals surface area contributed by atoms with Gasteiger partial charge in [0.2, 0.25) is 0 Å². The average molecular weight is 530 g/mol. The van der Waals surface area contributed by atoms with E-state index in [1.54, 1.807) is 42.5 Å². The Morgan fingerprint density at radius 1 is 0.917 bits per heavy atom. The molecule has 0 unspecified atom stereocenters. The Balaban J connectivity index is 1.47. The van der Waals surface area contributed by atoms with E-state index < -0.39 is 17.8 Å². The monoisotopic (exact) mass is 529 g/mol. The van der Waals surface area contributed by atoms with Gasteiger partial charge in [-0.25, -0.2) is 10.2 Å². The highest BCUT2D eigenvalue weighted by Crippen LogP contribution is 2.27. The number of carbonyl (C=O) groups excluding carboxylic acids is 3. The molecule has 0 aliphatic heterocycles. The van der Waals surface area contributed by atoms with Crippen LogP contribution in [-0.4, -0.2) is 44.8 Å². The lowest BCUT2D eigenvalue weighted by Crippen LogP contribution is -2.34. The van der Waals surface area contributed by atoms with E-state index in [-0.39, 0.29) is 17.1 Å². The average Bonchev–Trinajstić information content (AvgIpc) is 2.87. The van der Waals surface area contributed by atoms with Crippen LogP contribution in [0.15, 0.2) is 65.8 Å². The summed E-state index contributed by atoms with van der Waals surface area (Å²) in [4.78, 5) is 36.5. The topological polar surface area (TPSA) is 115 Å². The van der Waals surface area contributed by atoms with Crippen molar-refractivity contribution in [3.8, 4) is 17.2 Å². The van der Waals surface area contributed by atoms with Crippen molar-refractivity contribution in [1.29, 1.82) is 0 Å². The van der Waals surface area contributed by atoms with E-state index in [0.29, 0.717) is 33.4 Å². The van der Waals surface area contributed by atoms with Crippen molar-refractivity contribution in [3.05, 3.63) is 87.4 Å². The largest absolute Gasteiger partial charge is 0.493 e. The zero-order chi connectivity index (χ0) is 26.1. The normalized spacial score (nSPS) is 10.6. The third-order valence-electron chi connectivity index (χ3n) is 4.70. The van der Waals surface area contributed by atoms with Crippen LogP contribution in [-0.2, 0) is 4.79 Å². The van der Waals surface area contributed by atoms with Crippen molar-refractivity contribution in [2.75, 3.05) is 20.8 Å². The first kappa shape index (κ1) is 26.5. The van der Waals surface area contributed by atoms with E-state index in [1.807, 2.05) is 0 Å². The fourth-order valence-corrected chi connectivity index (χ4v) is 3.38. The van der Waals surface area contributed by atoms with E-state index >= 15 is 0 Å². The number of halogens is 2. The molecule has 9 nitrogen and oxygen atoms in total. The van der Waals surface area contributed by atoms with Gasteiger partial charge in [0, 0.05) is 10.6 Å². The zero-order valence-electron chi connectivity index (χ0n) is 19.2. The van der Waals surface area contributed by atoms with Gasteiger partial charge >= 0.3 is 5.97 Å². The number of nitrogens with zero attached hydrogens (tertiary/aromatic N) is 1. The molecule has 3 aromatic carbocycles. The first-order valence-electron chi connectivity index (χ1n) is 10.4. The molecule has 186 valence electrons. The van der Waals surface area contributed by atoms with Crippen molar-refractivity contribution in [1.82, 2.24) is 10.7 Å². The summed E-state index contributed by atoms with van der Waals surface area (Å²) in [5.74, 6) is -0.428. The maximum atomic E-state index is 12.3. The first-order chi connectivity index (χ1) is 17.3. The lowest BCUT2D eigenvalue weighted by atomic mass is 10.2. The van der Waals surface area contributed by atoms with Crippen molar-refractivity contribution < 1.29 is 28.6 Å². The maximum absolute atomic E-state index is 12.3. The molecule has 36 heavy (non-hydrogen) atoms. The second-order valence-electron chi connectivity index (χ2n) is 7.13. The minimum atomic E-state index is -0.625. The summed E-state index contributed by atoms with van der Waals surface area (Å²) in [5, 5.41) is 6.94. The molecule has 11 heteroatoms. The molecule has 0 bridgehead atoms. The number of benzene rings is 3. The van der Waals surface area contributed by atoms with E-state index in [2.05, 4.69) is 15.8 Å². The van der Waals surface area contributed by atoms with Gasteiger partial charge in [-0.3, -0.25) is 9.59 Å². The highest BCUT2D eigenvalue weighted by atomic mass is 35.5. The summed E-state index contributed by atoms with van der Waals surface area (Å²) in [5.41, 5.74) is 3.45. The van der Waals surface area contributed by atoms with Crippen molar-refractivity contribution >= 4 is 47.2 Å². The van der Waals surface area contributed by atoms with Gasteiger partial charge < -0.3 is 19.5 Å². The summed E-state index contributed by atoms with van der Waals surface area (Å²) in [6.07, 6.45) is 1.40. The molecule has 3 aromatic rings. The van der Waals surface area contributed by atoms with Crippen LogP contribution in [0.3, 0.4) is 0 Å². The van der Waals surface area contributed by atoms with E-state index in [1.165, 1.54) is 38.6 Å². The Hall–Kier alpha value is -4.08. The second kappa shape index (κ2) is 12.6. The molecule has 0 radical (unpaired) electrons. The molecule has 2 N–H and O–H groups in total. The van der Waals surface area contributed by atoms with Gasteiger partial charge in [-0.15, -0.1) is 0 Å². The molecule has 0 aliphatic carbocycles. The number of esters is 1. The Bertz CT molecular complexity index is 1300. The number of rotatable bonds is 9. The van der Waals surface area contributed by atoms with Gasteiger partial charge in [-0.2, -0.15) is 5.10 Å². The molecule has 0 heterocycles. The number of hydrogen-bond donors (Lipinski definition) is 2. The van der Waals surface area contributed by atoms with Gasteiger partial charge in [-0.1, -0.05) is 23.2 Å². The highest BCUT2D eigenvalue weighted by Gasteiger charge is 2.14. The summed E-state index contributed by atoms with van der Waals surface area (Å²) >= 11 is 11.9. The summed E-state index contributed by atoms with van der Waals surface area (Å²) < 4.78 is 15.6. The Morgan fingerprint density at radius 2 is 1.64 bits per heavy atom. The molecule has 0 aliphatic rings. The Kier molecular flexibility index (Phi) is 9.26.